The second-order valence-corrected chi connectivity index (χ2v) is 3.88. The molecule has 7 nitrogen and oxygen atoms in total. The average Bonchev–Trinajstić information content (AvgIpc) is 2.93. The molecule has 0 radical (unpaired) electrons. The molecule has 1 N–H and O–H groups in total. The van der Waals surface area contributed by atoms with Crippen molar-refractivity contribution >= 4 is 11.7 Å². The molecule has 0 fully saturated rings. The van der Waals surface area contributed by atoms with E-state index >= 15 is 0 Å². The zero-order chi connectivity index (χ0) is 13.7. The maximum absolute atomic E-state index is 11.6. The van der Waals surface area contributed by atoms with Crippen molar-refractivity contribution in [3.8, 4) is 0 Å². The van der Waals surface area contributed by atoms with Gasteiger partial charge in [0.05, 0.1) is 4.92 Å². The van der Waals surface area contributed by atoms with Gasteiger partial charge in [-0.15, -0.1) is 0 Å². The van der Waals surface area contributed by atoms with Gasteiger partial charge in [0.25, 0.3) is 5.69 Å². The Labute approximate surface area is 109 Å². The van der Waals surface area contributed by atoms with E-state index in [0.29, 0.717) is 13.0 Å². The van der Waals surface area contributed by atoms with Crippen molar-refractivity contribution in [2.75, 3.05) is 6.54 Å². The van der Waals surface area contributed by atoms with E-state index in [4.69, 9.17) is 0 Å². The van der Waals surface area contributed by atoms with E-state index in [0.717, 1.165) is 5.56 Å². The molecular weight excluding hydrogens is 248 g/mol. The molecule has 0 saturated heterocycles. The number of rotatable bonds is 4. The van der Waals surface area contributed by atoms with Crippen molar-refractivity contribution in [3.05, 3.63) is 58.7 Å². The van der Waals surface area contributed by atoms with Crippen LogP contribution in [0.3, 0.4) is 0 Å². The van der Waals surface area contributed by atoms with Crippen molar-refractivity contribution in [2.24, 2.45) is 0 Å². The fourth-order valence-electron chi connectivity index (χ4n) is 1.57. The largest absolute Gasteiger partial charge is 0.337 e. The summed E-state index contributed by atoms with van der Waals surface area (Å²) < 4.78 is 1.34. The summed E-state index contributed by atoms with van der Waals surface area (Å²) in [6, 6.07) is 6.02. The summed E-state index contributed by atoms with van der Waals surface area (Å²) in [5.41, 5.74) is 0.989. The lowest BCUT2D eigenvalue weighted by atomic mass is 10.1. The van der Waals surface area contributed by atoms with E-state index in [-0.39, 0.29) is 11.7 Å². The molecule has 2 rings (SSSR count). The second-order valence-electron chi connectivity index (χ2n) is 3.88. The Hall–Kier alpha value is -2.70. The molecule has 0 aliphatic rings. The van der Waals surface area contributed by atoms with Gasteiger partial charge in [0.2, 0.25) is 0 Å². The number of nitrogens with one attached hydrogen (secondary N) is 1. The molecule has 0 bridgehead atoms. The van der Waals surface area contributed by atoms with Gasteiger partial charge < -0.3 is 5.32 Å². The SMILES string of the molecule is O=C(NCCc1ccc([N+](=O)[O-])cc1)n1ccnc1. The maximum atomic E-state index is 11.6. The van der Waals surface area contributed by atoms with Crippen molar-refractivity contribution < 1.29 is 9.72 Å². The van der Waals surface area contributed by atoms with Crippen LogP contribution in [0.5, 0.6) is 0 Å². The summed E-state index contributed by atoms with van der Waals surface area (Å²) in [7, 11) is 0. The fraction of sp³-hybridized carbons (Fsp3) is 0.167. The Morgan fingerprint density at radius 1 is 1.37 bits per heavy atom. The smallest absolute Gasteiger partial charge is 0.326 e. The van der Waals surface area contributed by atoms with Crippen LogP contribution in [0.4, 0.5) is 10.5 Å². The van der Waals surface area contributed by atoms with Gasteiger partial charge in [-0.2, -0.15) is 0 Å². The Morgan fingerprint density at radius 2 is 2.11 bits per heavy atom. The predicted molar refractivity (Wildman–Crippen MR) is 67.8 cm³/mol. The van der Waals surface area contributed by atoms with E-state index in [1.54, 1.807) is 18.3 Å². The van der Waals surface area contributed by atoms with E-state index in [9.17, 15) is 14.9 Å². The van der Waals surface area contributed by atoms with Crippen molar-refractivity contribution in [1.29, 1.82) is 0 Å². The van der Waals surface area contributed by atoms with Gasteiger partial charge in [0, 0.05) is 31.1 Å². The highest BCUT2D eigenvalue weighted by Gasteiger charge is 2.05. The lowest BCUT2D eigenvalue weighted by Crippen LogP contribution is -2.29. The van der Waals surface area contributed by atoms with Crippen LogP contribution in [0.1, 0.15) is 5.56 Å². The second kappa shape index (κ2) is 5.76. The molecule has 19 heavy (non-hydrogen) atoms. The summed E-state index contributed by atoms with van der Waals surface area (Å²) in [5.74, 6) is 0. The van der Waals surface area contributed by atoms with Gasteiger partial charge in [-0.3, -0.25) is 14.7 Å². The Morgan fingerprint density at radius 3 is 2.68 bits per heavy atom. The van der Waals surface area contributed by atoms with Crippen LogP contribution < -0.4 is 5.32 Å². The highest BCUT2D eigenvalue weighted by Crippen LogP contribution is 2.11. The van der Waals surface area contributed by atoms with Gasteiger partial charge in [-0.25, -0.2) is 9.78 Å². The van der Waals surface area contributed by atoms with Crippen LogP contribution in [-0.4, -0.2) is 27.1 Å². The minimum absolute atomic E-state index is 0.0613. The van der Waals surface area contributed by atoms with Crippen LogP contribution in [0, 0.1) is 10.1 Å². The molecule has 7 heteroatoms. The first-order chi connectivity index (χ1) is 9.16. The molecular formula is C12H12N4O3. The van der Waals surface area contributed by atoms with E-state index in [2.05, 4.69) is 10.3 Å². The molecule has 1 aromatic heterocycles. The minimum atomic E-state index is -0.440. The van der Waals surface area contributed by atoms with Gasteiger partial charge in [0.1, 0.15) is 6.33 Å². The third-order valence-corrected chi connectivity index (χ3v) is 2.58. The molecule has 98 valence electrons. The Bertz CT molecular complexity index is 563. The molecule has 0 spiro atoms. The van der Waals surface area contributed by atoms with E-state index in [1.807, 2.05) is 0 Å². The predicted octanol–water partition coefficient (Wildman–Crippen LogP) is 1.59. The summed E-state index contributed by atoms with van der Waals surface area (Å²) in [4.78, 5) is 25.4. The third kappa shape index (κ3) is 3.38. The van der Waals surface area contributed by atoms with Crippen LogP contribution in [-0.2, 0) is 6.42 Å². The number of hydrogen-bond acceptors (Lipinski definition) is 4. The minimum Gasteiger partial charge on any atom is -0.337 e. The van der Waals surface area contributed by atoms with Crippen LogP contribution in [0.2, 0.25) is 0 Å². The topological polar surface area (TPSA) is 90.1 Å². The number of carbonyl (C=O) groups is 1. The maximum Gasteiger partial charge on any atom is 0.326 e. The number of carbonyl (C=O) groups excluding carboxylic acids is 1. The number of benzene rings is 1. The lowest BCUT2D eigenvalue weighted by molar-refractivity contribution is -0.384. The molecule has 0 atom stereocenters. The Kier molecular flexibility index (Phi) is 3.87. The first kappa shape index (κ1) is 12.7. The third-order valence-electron chi connectivity index (χ3n) is 2.58. The van der Waals surface area contributed by atoms with E-state index in [1.165, 1.54) is 29.2 Å². The van der Waals surface area contributed by atoms with Gasteiger partial charge >= 0.3 is 6.03 Å². The molecule has 1 aromatic carbocycles. The first-order valence-electron chi connectivity index (χ1n) is 5.66. The lowest BCUT2D eigenvalue weighted by Gasteiger charge is -2.05. The number of imidazole rings is 1. The quantitative estimate of drug-likeness (QED) is 0.667. The van der Waals surface area contributed by atoms with Crippen LogP contribution in [0.25, 0.3) is 0 Å². The van der Waals surface area contributed by atoms with Crippen molar-refractivity contribution in [3.63, 3.8) is 0 Å². The number of nitro groups is 1. The van der Waals surface area contributed by atoms with Crippen LogP contribution >= 0.6 is 0 Å². The fourth-order valence-corrected chi connectivity index (χ4v) is 1.57. The van der Waals surface area contributed by atoms with Gasteiger partial charge in [0.15, 0.2) is 0 Å². The number of amides is 1. The average molecular weight is 260 g/mol. The number of non-ortho nitro benzene ring substituents is 1. The van der Waals surface area contributed by atoms with E-state index < -0.39 is 4.92 Å². The summed E-state index contributed by atoms with van der Waals surface area (Å²) in [6.45, 7) is 0.453. The normalized spacial score (nSPS) is 10.1. The van der Waals surface area contributed by atoms with Crippen LogP contribution in [0.15, 0.2) is 43.0 Å². The van der Waals surface area contributed by atoms with Crippen molar-refractivity contribution in [2.45, 2.75) is 6.42 Å². The highest BCUT2D eigenvalue weighted by atomic mass is 16.6. The molecule has 1 amide bonds. The highest BCUT2D eigenvalue weighted by molar-refractivity contribution is 5.76. The summed E-state index contributed by atoms with van der Waals surface area (Å²) in [6.07, 6.45) is 5.11. The molecule has 0 aliphatic heterocycles. The first-order valence-corrected chi connectivity index (χ1v) is 5.66. The van der Waals surface area contributed by atoms with Crippen molar-refractivity contribution in [1.82, 2.24) is 14.9 Å². The number of aromatic nitrogens is 2. The molecule has 2 aromatic rings. The zero-order valence-corrected chi connectivity index (χ0v) is 10.0. The molecule has 1 heterocycles. The van der Waals surface area contributed by atoms with Gasteiger partial charge in [-0.05, 0) is 12.0 Å². The molecule has 0 aliphatic carbocycles. The number of nitro benzene ring substituents is 1. The molecule has 0 saturated carbocycles. The number of hydrogen-bond donors (Lipinski definition) is 1. The summed E-state index contributed by atoms with van der Waals surface area (Å²) >= 11 is 0. The Balaban J connectivity index is 1.82. The van der Waals surface area contributed by atoms with Gasteiger partial charge in [-0.1, -0.05) is 12.1 Å². The molecule has 0 unspecified atom stereocenters. The zero-order valence-electron chi connectivity index (χ0n) is 10.0. The monoisotopic (exact) mass is 260 g/mol. The summed E-state index contributed by atoms with van der Waals surface area (Å²) in [5, 5.41) is 13.2. The standard InChI is InChI=1S/C12H12N4O3/c17-12(15-8-7-13-9-15)14-6-5-10-1-3-11(4-2-10)16(18)19/h1-4,7-9H,5-6H2,(H,14,17). The number of nitrogens with zero attached hydrogens (tertiary/aromatic N) is 3.